The van der Waals surface area contributed by atoms with Gasteiger partial charge >= 0.3 is 11.9 Å². The van der Waals surface area contributed by atoms with Crippen LogP contribution in [0.5, 0.6) is 5.75 Å². The number of aliphatic hydroxyl groups excluding tert-OH is 2. The molecule has 1 saturated heterocycles. The average Bonchev–Trinajstić information content (AvgIpc) is 2.86. The first-order valence-electron chi connectivity index (χ1n) is 7.15. The van der Waals surface area contributed by atoms with Crippen LogP contribution in [0.15, 0.2) is 30.3 Å². The molecule has 0 aromatic heterocycles. The summed E-state index contributed by atoms with van der Waals surface area (Å²) in [4.78, 5) is 22.9. The van der Waals surface area contributed by atoms with Crippen molar-refractivity contribution in [3.05, 3.63) is 35.9 Å². The molecule has 0 radical (unpaired) electrons. The summed E-state index contributed by atoms with van der Waals surface area (Å²) >= 11 is 0. The number of aromatic hydroxyl groups is 1. The molecule has 1 aromatic carbocycles. The number of cyclic esters (lactones) is 1. The van der Waals surface area contributed by atoms with Gasteiger partial charge in [0.2, 0.25) is 0 Å². The predicted octanol–water partition coefficient (Wildman–Crippen LogP) is -0.389. The van der Waals surface area contributed by atoms with E-state index in [1.807, 2.05) is 0 Å². The number of hydrogen-bond donors (Lipinski definition) is 3. The lowest BCUT2D eigenvalue weighted by molar-refractivity contribution is -0.154. The Bertz CT molecular complexity index is 609. The SMILES string of the molecule is CO[C@@H]1[C@H]([C@@H](O)COC(=O)C=Cc2ccc(O)cc2)OC(=O)[C@@H]1O. The largest absolute Gasteiger partial charge is 0.508 e. The first-order valence-corrected chi connectivity index (χ1v) is 7.15. The van der Waals surface area contributed by atoms with Crippen molar-refractivity contribution in [2.24, 2.45) is 0 Å². The second-order valence-electron chi connectivity index (χ2n) is 5.17. The van der Waals surface area contributed by atoms with Crippen molar-refractivity contribution in [3.63, 3.8) is 0 Å². The topological polar surface area (TPSA) is 123 Å². The van der Waals surface area contributed by atoms with E-state index in [9.17, 15) is 19.8 Å². The third-order valence-electron chi connectivity index (χ3n) is 3.48. The molecule has 0 aliphatic carbocycles. The van der Waals surface area contributed by atoms with Crippen molar-refractivity contribution in [1.82, 2.24) is 0 Å². The van der Waals surface area contributed by atoms with Crippen molar-refractivity contribution >= 4 is 18.0 Å². The molecule has 0 unspecified atom stereocenters. The number of ether oxygens (including phenoxy) is 3. The minimum absolute atomic E-state index is 0.110. The standard InChI is InChI=1S/C16H18O8/c1-22-15-13(20)16(21)24-14(15)11(18)8-23-12(19)7-4-9-2-5-10(17)6-3-9/h2-7,11,13-15,17-18,20H,8H2,1H3/t11-,13+,14-,15-/m0/s1. The highest BCUT2D eigenvalue weighted by Crippen LogP contribution is 2.21. The van der Waals surface area contributed by atoms with Gasteiger partial charge in [-0.3, -0.25) is 0 Å². The van der Waals surface area contributed by atoms with Crippen LogP contribution in [0.1, 0.15) is 5.56 Å². The van der Waals surface area contributed by atoms with Gasteiger partial charge in [0.1, 0.15) is 24.6 Å². The molecule has 2 rings (SSSR count). The molecule has 3 N–H and O–H groups in total. The summed E-state index contributed by atoms with van der Waals surface area (Å²) in [6.45, 7) is -0.427. The Morgan fingerprint density at radius 2 is 2.04 bits per heavy atom. The van der Waals surface area contributed by atoms with Gasteiger partial charge < -0.3 is 29.5 Å². The third kappa shape index (κ3) is 4.31. The van der Waals surface area contributed by atoms with Gasteiger partial charge in [-0.05, 0) is 23.8 Å². The quantitative estimate of drug-likeness (QED) is 0.473. The Morgan fingerprint density at radius 3 is 2.67 bits per heavy atom. The lowest BCUT2D eigenvalue weighted by Gasteiger charge is -2.21. The molecule has 8 heteroatoms. The van der Waals surface area contributed by atoms with Crippen LogP contribution in [0.3, 0.4) is 0 Å². The van der Waals surface area contributed by atoms with Gasteiger partial charge in [-0.1, -0.05) is 12.1 Å². The van der Waals surface area contributed by atoms with Crippen LogP contribution < -0.4 is 0 Å². The molecule has 1 aliphatic rings. The van der Waals surface area contributed by atoms with Crippen LogP contribution in [0.25, 0.3) is 6.08 Å². The number of phenols is 1. The first kappa shape index (κ1) is 17.9. The van der Waals surface area contributed by atoms with Crippen LogP contribution in [0.4, 0.5) is 0 Å². The number of carbonyl (C=O) groups is 2. The van der Waals surface area contributed by atoms with E-state index in [4.69, 9.17) is 19.3 Å². The van der Waals surface area contributed by atoms with Crippen LogP contribution in [0, 0.1) is 0 Å². The van der Waals surface area contributed by atoms with E-state index in [0.29, 0.717) is 5.56 Å². The number of benzene rings is 1. The Labute approximate surface area is 137 Å². The maximum absolute atomic E-state index is 11.6. The minimum Gasteiger partial charge on any atom is -0.508 e. The Hall–Kier alpha value is -2.42. The van der Waals surface area contributed by atoms with Gasteiger partial charge in [0.15, 0.2) is 12.2 Å². The zero-order valence-corrected chi connectivity index (χ0v) is 12.9. The number of hydrogen-bond acceptors (Lipinski definition) is 8. The molecule has 8 nitrogen and oxygen atoms in total. The smallest absolute Gasteiger partial charge is 0.338 e. The Kier molecular flexibility index (Phi) is 5.91. The van der Waals surface area contributed by atoms with Gasteiger partial charge in [0.05, 0.1) is 0 Å². The number of phenolic OH excluding ortho intramolecular Hbond substituents is 1. The van der Waals surface area contributed by atoms with Gasteiger partial charge in [-0.25, -0.2) is 9.59 Å². The maximum atomic E-state index is 11.6. The fourth-order valence-electron chi connectivity index (χ4n) is 2.21. The predicted molar refractivity (Wildman–Crippen MR) is 80.8 cm³/mol. The van der Waals surface area contributed by atoms with Gasteiger partial charge in [0.25, 0.3) is 0 Å². The van der Waals surface area contributed by atoms with Gasteiger partial charge in [-0.2, -0.15) is 0 Å². The number of rotatable bonds is 6. The first-order chi connectivity index (χ1) is 11.4. The molecule has 0 bridgehead atoms. The third-order valence-corrected chi connectivity index (χ3v) is 3.48. The fourth-order valence-corrected chi connectivity index (χ4v) is 2.21. The lowest BCUT2D eigenvalue weighted by atomic mass is 10.1. The van der Waals surface area contributed by atoms with Crippen molar-refractivity contribution < 1.29 is 39.1 Å². The monoisotopic (exact) mass is 338 g/mol. The molecule has 0 amide bonds. The molecule has 24 heavy (non-hydrogen) atoms. The summed E-state index contributed by atoms with van der Waals surface area (Å²) in [5.41, 5.74) is 0.678. The zero-order chi connectivity index (χ0) is 17.7. The van der Waals surface area contributed by atoms with Gasteiger partial charge in [0, 0.05) is 13.2 Å². The Morgan fingerprint density at radius 1 is 1.38 bits per heavy atom. The molecule has 0 spiro atoms. The highest BCUT2D eigenvalue weighted by atomic mass is 16.6. The van der Waals surface area contributed by atoms with Crippen molar-refractivity contribution in [2.45, 2.75) is 24.4 Å². The van der Waals surface area contributed by atoms with Crippen molar-refractivity contribution in [3.8, 4) is 5.75 Å². The molecular weight excluding hydrogens is 320 g/mol. The summed E-state index contributed by atoms with van der Waals surface area (Å²) in [7, 11) is 1.27. The molecule has 0 saturated carbocycles. The van der Waals surface area contributed by atoms with Crippen molar-refractivity contribution in [1.29, 1.82) is 0 Å². The highest BCUT2D eigenvalue weighted by molar-refractivity contribution is 5.87. The number of methoxy groups -OCH3 is 1. The second-order valence-corrected chi connectivity index (χ2v) is 5.17. The van der Waals surface area contributed by atoms with Crippen LogP contribution in [-0.2, 0) is 23.8 Å². The fraction of sp³-hybridized carbons (Fsp3) is 0.375. The summed E-state index contributed by atoms with van der Waals surface area (Å²) in [5.74, 6) is -1.50. The lowest BCUT2D eigenvalue weighted by Crippen LogP contribution is -2.42. The van der Waals surface area contributed by atoms with Crippen LogP contribution in [0.2, 0.25) is 0 Å². The average molecular weight is 338 g/mol. The molecule has 1 fully saturated rings. The number of aliphatic hydroxyl groups is 2. The molecular formula is C16H18O8. The summed E-state index contributed by atoms with van der Waals surface area (Å²) in [6, 6.07) is 6.16. The van der Waals surface area contributed by atoms with E-state index >= 15 is 0 Å². The van der Waals surface area contributed by atoms with Crippen molar-refractivity contribution in [2.75, 3.05) is 13.7 Å². The second kappa shape index (κ2) is 7.91. The van der Waals surface area contributed by atoms with Crippen LogP contribution in [-0.4, -0.2) is 65.4 Å². The zero-order valence-electron chi connectivity index (χ0n) is 12.9. The van der Waals surface area contributed by atoms with Crippen LogP contribution >= 0.6 is 0 Å². The van der Waals surface area contributed by atoms with E-state index in [0.717, 1.165) is 6.08 Å². The summed E-state index contributed by atoms with van der Waals surface area (Å²) in [6.07, 6.45) is -2.33. The maximum Gasteiger partial charge on any atom is 0.338 e. The molecule has 1 aliphatic heterocycles. The molecule has 1 aromatic rings. The van der Waals surface area contributed by atoms with Gasteiger partial charge in [-0.15, -0.1) is 0 Å². The number of esters is 2. The van der Waals surface area contributed by atoms with E-state index in [1.165, 1.54) is 25.3 Å². The minimum atomic E-state index is -1.49. The molecule has 130 valence electrons. The summed E-state index contributed by atoms with van der Waals surface area (Å²) < 4.78 is 14.6. The van der Waals surface area contributed by atoms with E-state index in [2.05, 4.69) is 0 Å². The van der Waals surface area contributed by atoms with E-state index in [-0.39, 0.29) is 5.75 Å². The summed E-state index contributed by atoms with van der Waals surface area (Å²) in [5, 5.41) is 28.6. The van der Waals surface area contributed by atoms with E-state index in [1.54, 1.807) is 12.1 Å². The highest BCUT2D eigenvalue weighted by Gasteiger charge is 2.47. The number of carbonyl (C=O) groups excluding carboxylic acids is 2. The molecule has 4 atom stereocenters. The molecule has 1 heterocycles. The Balaban J connectivity index is 1.85. The van der Waals surface area contributed by atoms with E-state index < -0.39 is 43.0 Å². The normalized spacial score (nSPS) is 24.8.